The molecule has 0 aromatic carbocycles. The zero-order valence-electron chi connectivity index (χ0n) is 12.3. The van der Waals surface area contributed by atoms with Gasteiger partial charge in [0.1, 0.15) is 18.4 Å². The van der Waals surface area contributed by atoms with Gasteiger partial charge in [0.25, 0.3) is 0 Å². The van der Waals surface area contributed by atoms with Crippen molar-refractivity contribution in [2.45, 2.75) is 20.8 Å². The fourth-order valence-corrected chi connectivity index (χ4v) is 1.97. The molecule has 1 aromatic heterocycles. The van der Waals surface area contributed by atoms with E-state index in [4.69, 9.17) is 0 Å². The van der Waals surface area contributed by atoms with Gasteiger partial charge < -0.3 is 10.6 Å². The number of rotatable bonds is 4. The average Bonchev–Trinajstić information content (AvgIpc) is 2.45. The number of aromatic nitrogens is 1. The fraction of sp³-hybridized carbons (Fsp3) is 0.267. The molecular formula is C15H20N3O2+. The van der Waals surface area contributed by atoms with Gasteiger partial charge in [-0.25, -0.2) is 0 Å². The summed E-state index contributed by atoms with van der Waals surface area (Å²) in [5.74, 6) is -0.581. The molecule has 0 fully saturated rings. The van der Waals surface area contributed by atoms with E-state index in [1.54, 1.807) is 0 Å². The van der Waals surface area contributed by atoms with E-state index < -0.39 is 0 Å². The summed E-state index contributed by atoms with van der Waals surface area (Å²) in [6.45, 7) is 12.5. The summed E-state index contributed by atoms with van der Waals surface area (Å²) in [6, 6.07) is 0. The highest BCUT2D eigenvalue weighted by molar-refractivity contribution is 6.02. The van der Waals surface area contributed by atoms with Crippen molar-refractivity contribution in [2.24, 2.45) is 7.05 Å². The highest BCUT2D eigenvalue weighted by atomic mass is 16.2. The Kier molecular flexibility index (Phi) is 4.80. The standard InChI is InChI=1S/C15H19N3O2/c1-7-12(19)16-14-9(3)15(17-13(20)8-2)11(5)18(6)10(14)4/h7-8H,1-2H2,3-6H3,(H-,16,17,19,20)/p+1. The van der Waals surface area contributed by atoms with Crippen LogP contribution >= 0.6 is 0 Å². The first-order valence-corrected chi connectivity index (χ1v) is 6.20. The molecule has 0 radical (unpaired) electrons. The van der Waals surface area contributed by atoms with Crippen LogP contribution in [0, 0.1) is 20.8 Å². The van der Waals surface area contributed by atoms with Crippen LogP contribution < -0.4 is 15.2 Å². The normalized spacial score (nSPS) is 9.80. The number of nitrogens with zero attached hydrogens (tertiary/aromatic N) is 1. The van der Waals surface area contributed by atoms with E-state index in [9.17, 15) is 9.59 Å². The highest BCUT2D eigenvalue weighted by Crippen LogP contribution is 2.27. The van der Waals surface area contributed by atoms with Crippen molar-refractivity contribution in [3.63, 3.8) is 0 Å². The van der Waals surface area contributed by atoms with Gasteiger partial charge in [0, 0.05) is 19.4 Å². The number of amides is 2. The second kappa shape index (κ2) is 6.14. The Morgan fingerprint density at radius 1 is 0.950 bits per heavy atom. The van der Waals surface area contributed by atoms with Gasteiger partial charge in [-0.05, 0) is 19.1 Å². The van der Waals surface area contributed by atoms with Crippen LogP contribution in [0.3, 0.4) is 0 Å². The molecule has 1 heterocycles. The number of hydrogen-bond acceptors (Lipinski definition) is 2. The van der Waals surface area contributed by atoms with Crippen LogP contribution in [0.15, 0.2) is 25.3 Å². The predicted octanol–water partition coefficient (Wildman–Crippen LogP) is 1.69. The molecule has 5 heteroatoms. The van der Waals surface area contributed by atoms with E-state index in [0.717, 1.165) is 17.0 Å². The molecule has 0 aliphatic carbocycles. The second-order valence-electron chi connectivity index (χ2n) is 4.49. The topological polar surface area (TPSA) is 62.1 Å². The molecule has 0 aliphatic heterocycles. The van der Waals surface area contributed by atoms with Crippen LogP contribution in [-0.4, -0.2) is 11.8 Å². The Morgan fingerprint density at radius 3 is 1.60 bits per heavy atom. The van der Waals surface area contributed by atoms with Crippen molar-refractivity contribution in [3.8, 4) is 0 Å². The van der Waals surface area contributed by atoms with Crippen molar-refractivity contribution in [2.75, 3.05) is 10.6 Å². The first-order chi connectivity index (χ1) is 9.33. The first kappa shape index (κ1) is 15.6. The summed E-state index contributed by atoms with van der Waals surface area (Å²) in [7, 11) is 1.87. The van der Waals surface area contributed by atoms with Gasteiger partial charge in [0.05, 0.1) is 0 Å². The van der Waals surface area contributed by atoms with Crippen molar-refractivity contribution in [3.05, 3.63) is 42.3 Å². The molecule has 5 nitrogen and oxygen atoms in total. The fourth-order valence-electron chi connectivity index (χ4n) is 1.97. The van der Waals surface area contributed by atoms with Gasteiger partial charge in [-0.15, -0.1) is 0 Å². The molecule has 0 unspecified atom stereocenters. The van der Waals surface area contributed by atoms with E-state index in [1.807, 2.05) is 32.4 Å². The average molecular weight is 274 g/mol. The zero-order valence-corrected chi connectivity index (χ0v) is 12.3. The molecule has 0 aliphatic rings. The lowest BCUT2D eigenvalue weighted by Gasteiger charge is -2.15. The summed E-state index contributed by atoms with van der Waals surface area (Å²) >= 11 is 0. The number of carbonyl (C=O) groups excluding carboxylic acids is 2. The SMILES string of the molecule is C=CC(=O)Nc1c(C)c(NC(=O)C=C)c(C)[n+](C)c1C. The zero-order chi connectivity index (χ0) is 15.4. The van der Waals surface area contributed by atoms with Crippen molar-refractivity contribution in [1.82, 2.24) is 0 Å². The lowest BCUT2D eigenvalue weighted by Crippen LogP contribution is -2.38. The molecule has 2 amide bonds. The summed E-state index contributed by atoms with van der Waals surface area (Å²) in [5.41, 5.74) is 3.92. The lowest BCUT2D eigenvalue weighted by molar-refractivity contribution is -0.682. The van der Waals surface area contributed by atoms with Gasteiger partial charge >= 0.3 is 0 Å². The van der Waals surface area contributed by atoms with Gasteiger partial charge in [-0.3, -0.25) is 9.59 Å². The molecule has 0 spiro atoms. The highest BCUT2D eigenvalue weighted by Gasteiger charge is 2.23. The largest absolute Gasteiger partial charge is 0.317 e. The Bertz CT molecular complexity index is 555. The number of anilines is 2. The summed E-state index contributed by atoms with van der Waals surface area (Å²) in [6.07, 6.45) is 2.42. The maximum atomic E-state index is 11.5. The van der Waals surface area contributed by atoms with Crippen LogP contribution in [0.25, 0.3) is 0 Å². The molecule has 2 N–H and O–H groups in total. The molecule has 20 heavy (non-hydrogen) atoms. The molecular weight excluding hydrogens is 254 g/mol. The Balaban J connectivity index is 3.45. The molecule has 0 bridgehead atoms. The molecule has 0 saturated carbocycles. The third-order valence-electron chi connectivity index (χ3n) is 3.35. The van der Waals surface area contributed by atoms with Crippen molar-refractivity contribution < 1.29 is 14.2 Å². The monoisotopic (exact) mass is 274 g/mol. The van der Waals surface area contributed by atoms with Crippen LogP contribution in [0.1, 0.15) is 17.0 Å². The van der Waals surface area contributed by atoms with Gasteiger partial charge in [-0.2, -0.15) is 4.57 Å². The number of hydrogen-bond donors (Lipinski definition) is 2. The smallest absolute Gasteiger partial charge is 0.247 e. The molecule has 0 saturated heterocycles. The van der Waals surface area contributed by atoms with E-state index >= 15 is 0 Å². The maximum Gasteiger partial charge on any atom is 0.247 e. The minimum Gasteiger partial charge on any atom is -0.317 e. The van der Waals surface area contributed by atoms with E-state index in [1.165, 1.54) is 12.2 Å². The van der Waals surface area contributed by atoms with Crippen LogP contribution in [0.5, 0.6) is 0 Å². The Labute approximate surface area is 119 Å². The molecule has 1 aromatic rings. The van der Waals surface area contributed by atoms with Crippen molar-refractivity contribution >= 4 is 23.2 Å². The number of pyridine rings is 1. The van der Waals surface area contributed by atoms with E-state index in [0.29, 0.717) is 11.4 Å². The maximum absolute atomic E-state index is 11.5. The van der Waals surface area contributed by atoms with Crippen LogP contribution in [0.2, 0.25) is 0 Å². The third kappa shape index (κ3) is 2.93. The van der Waals surface area contributed by atoms with Crippen molar-refractivity contribution in [1.29, 1.82) is 0 Å². The summed E-state index contributed by atoms with van der Waals surface area (Å²) in [5, 5.41) is 5.55. The van der Waals surface area contributed by atoms with Crippen LogP contribution in [-0.2, 0) is 16.6 Å². The van der Waals surface area contributed by atoms with E-state index in [2.05, 4.69) is 23.8 Å². The molecule has 0 atom stereocenters. The minimum absolute atomic E-state index is 0.291. The van der Waals surface area contributed by atoms with Gasteiger partial charge in [0.15, 0.2) is 0 Å². The summed E-state index contributed by atoms with van der Waals surface area (Å²) in [4.78, 5) is 23.1. The van der Waals surface area contributed by atoms with E-state index in [-0.39, 0.29) is 11.8 Å². The molecule has 106 valence electrons. The summed E-state index contributed by atoms with van der Waals surface area (Å²) < 4.78 is 1.91. The quantitative estimate of drug-likeness (QED) is 0.648. The van der Waals surface area contributed by atoms with Crippen LogP contribution in [0.4, 0.5) is 11.4 Å². The predicted molar refractivity (Wildman–Crippen MR) is 79.5 cm³/mol. The Hall–Kier alpha value is -2.43. The van der Waals surface area contributed by atoms with Gasteiger partial charge in [0.2, 0.25) is 23.2 Å². The molecule has 1 rings (SSSR count). The first-order valence-electron chi connectivity index (χ1n) is 6.20. The second-order valence-corrected chi connectivity index (χ2v) is 4.49. The van der Waals surface area contributed by atoms with Gasteiger partial charge in [-0.1, -0.05) is 13.2 Å². The lowest BCUT2D eigenvalue weighted by atomic mass is 10.1. The minimum atomic E-state index is -0.291. The number of nitrogens with one attached hydrogen (secondary N) is 2. The Morgan fingerprint density at radius 2 is 1.30 bits per heavy atom. The third-order valence-corrected chi connectivity index (χ3v) is 3.35. The number of carbonyl (C=O) groups is 2.